The summed E-state index contributed by atoms with van der Waals surface area (Å²) in [5.41, 5.74) is 9.61. The van der Waals surface area contributed by atoms with Gasteiger partial charge in [-0.1, -0.05) is 38.1 Å². The molecule has 1 aromatic heterocycles. The van der Waals surface area contributed by atoms with Gasteiger partial charge in [0.05, 0.1) is 0 Å². The predicted molar refractivity (Wildman–Crippen MR) is 78.3 cm³/mol. The van der Waals surface area contributed by atoms with E-state index in [-0.39, 0.29) is 5.92 Å². The zero-order chi connectivity index (χ0) is 13.1. The minimum atomic E-state index is 0.227. The van der Waals surface area contributed by atoms with Gasteiger partial charge in [-0.05, 0) is 24.0 Å². The maximum absolute atomic E-state index is 5.91. The lowest BCUT2D eigenvalue weighted by Crippen LogP contribution is -2.13. The summed E-state index contributed by atoms with van der Waals surface area (Å²) in [6.45, 7) is 7.04. The molecule has 18 heavy (non-hydrogen) atoms. The van der Waals surface area contributed by atoms with Crippen molar-refractivity contribution in [1.29, 1.82) is 0 Å². The van der Waals surface area contributed by atoms with E-state index in [1.54, 1.807) is 11.3 Å². The molecule has 0 aliphatic rings. The molecular formula is C15H20N2S. The minimum Gasteiger partial charge on any atom is -0.329 e. The van der Waals surface area contributed by atoms with E-state index in [2.05, 4.69) is 48.5 Å². The van der Waals surface area contributed by atoms with E-state index in [9.17, 15) is 0 Å². The number of nitrogens with two attached hydrogens (primary N) is 1. The van der Waals surface area contributed by atoms with E-state index >= 15 is 0 Å². The molecule has 1 unspecified atom stereocenters. The van der Waals surface area contributed by atoms with Crippen LogP contribution in [0.2, 0.25) is 0 Å². The molecule has 2 N–H and O–H groups in total. The van der Waals surface area contributed by atoms with Crippen LogP contribution in [0.1, 0.15) is 47.5 Å². The lowest BCUT2D eigenvalue weighted by molar-refractivity contribution is 0.801. The summed E-state index contributed by atoms with van der Waals surface area (Å²) < 4.78 is 0. The molecule has 0 aliphatic heterocycles. The zero-order valence-corrected chi connectivity index (χ0v) is 12.0. The SMILES string of the molecule is Cc1csc(C(CN)c2ccc(C(C)C)cc2)n1. The molecule has 2 rings (SSSR count). The summed E-state index contributed by atoms with van der Waals surface area (Å²) in [4.78, 5) is 4.55. The van der Waals surface area contributed by atoms with Gasteiger partial charge in [-0.15, -0.1) is 11.3 Å². The van der Waals surface area contributed by atoms with Gasteiger partial charge in [-0.25, -0.2) is 4.98 Å². The van der Waals surface area contributed by atoms with Gasteiger partial charge < -0.3 is 5.73 Å². The Bertz CT molecular complexity index is 499. The van der Waals surface area contributed by atoms with Crippen molar-refractivity contribution in [3.63, 3.8) is 0 Å². The van der Waals surface area contributed by atoms with Gasteiger partial charge in [0.1, 0.15) is 5.01 Å². The second kappa shape index (κ2) is 5.63. The fourth-order valence-corrected chi connectivity index (χ4v) is 2.96. The maximum Gasteiger partial charge on any atom is 0.102 e. The van der Waals surface area contributed by atoms with Crippen LogP contribution >= 0.6 is 11.3 Å². The number of nitrogens with zero attached hydrogens (tertiary/aromatic N) is 1. The average Bonchev–Trinajstić information content (AvgIpc) is 2.77. The topological polar surface area (TPSA) is 38.9 Å². The molecule has 0 radical (unpaired) electrons. The molecule has 0 amide bonds. The first-order valence-electron chi connectivity index (χ1n) is 6.33. The van der Waals surface area contributed by atoms with Crippen molar-refractivity contribution in [1.82, 2.24) is 4.98 Å². The van der Waals surface area contributed by atoms with E-state index in [4.69, 9.17) is 5.73 Å². The highest BCUT2D eigenvalue weighted by atomic mass is 32.1. The molecule has 0 spiro atoms. The fourth-order valence-electron chi connectivity index (χ4n) is 2.02. The normalized spacial score (nSPS) is 12.9. The third-order valence-corrected chi connectivity index (χ3v) is 4.25. The van der Waals surface area contributed by atoms with Crippen molar-refractivity contribution in [2.75, 3.05) is 6.54 Å². The largest absolute Gasteiger partial charge is 0.329 e. The Morgan fingerprint density at radius 1 is 1.17 bits per heavy atom. The first-order valence-corrected chi connectivity index (χ1v) is 7.21. The van der Waals surface area contributed by atoms with Crippen LogP contribution in [-0.2, 0) is 0 Å². The Balaban J connectivity index is 2.28. The summed E-state index contributed by atoms with van der Waals surface area (Å²) in [6.07, 6.45) is 0. The van der Waals surface area contributed by atoms with Crippen LogP contribution in [0.25, 0.3) is 0 Å². The highest BCUT2D eigenvalue weighted by Crippen LogP contribution is 2.27. The Labute approximate surface area is 113 Å². The number of hydrogen-bond acceptors (Lipinski definition) is 3. The lowest BCUT2D eigenvalue weighted by Gasteiger charge is -2.14. The number of aryl methyl sites for hydroxylation is 1. The van der Waals surface area contributed by atoms with E-state index < -0.39 is 0 Å². The molecule has 96 valence electrons. The predicted octanol–water partition coefficient (Wildman–Crippen LogP) is 3.67. The first kappa shape index (κ1) is 13.2. The summed E-state index contributed by atoms with van der Waals surface area (Å²) in [7, 11) is 0. The molecule has 3 heteroatoms. The van der Waals surface area contributed by atoms with E-state index in [1.807, 2.05) is 6.92 Å². The Hall–Kier alpha value is -1.19. The third-order valence-electron chi connectivity index (χ3n) is 3.18. The molecule has 0 bridgehead atoms. The van der Waals surface area contributed by atoms with Crippen molar-refractivity contribution in [3.8, 4) is 0 Å². The number of rotatable bonds is 4. The van der Waals surface area contributed by atoms with Crippen LogP contribution < -0.4 is 5.73 Å². The van der Waals surface area contributed by atoms with Crippen LogP contribution in [0.15, 0.2) is 29.6 Å². The summed E-state index contributed by atoms with van der Waals surface area (Å²) in [5.74, 6) is 0.794. The zero-order valence-electron chi connectivity index (χ0n) is 11.2. The fraction of sp³-hybridized carbons (Fsp3) is 0.400. The molecule has 1 aromatic carbocycles. The lowest BCUT2D eigenvalue weighted by atomic mass is 9.95. The standard InChI is InChI=1S/C15H20N2S/c1-10(2)12-4-6-13(7-5-12)14(8-16)15-17-11(3)9-18-15/h4-7,9-10,14H,8,16H2,1-3H3. The van der Waals surface area contributed by atoms with Gasteiger partial charge in [0.25, 0.3) is 0 Å². The number of thiazole rings is 1. The van der Waals surface area contributed by atoms with Gasteiger partial charge in [-0.2, -0.15) is 0 Å². The molecule has 0 fully saturated rings. The van der Waals surface area contributed by atoms with Gasteiger partial charge in [0.2, 0.25) is 0 Å². The molecule has 2 nitrogen and oxygen atoms in total. The van der Waals surface area contributed by atoms with Gasteiger partial charge in [0, 0.05) is 23.5 Å². The summed E-state index contributed by atoms with van der Waals surface area (Å²) in [5, 5.41) is 3.20. The van der Waals surface area contributed by atoms with Crippen molar-refractivity contribution in [3.05, 3.63) is 51.5 Å². The summed E-state index contributed by atoms with van der Waals surface area (Å²) >= 11 is 1.70. The van der Waals surface area contributed by atoms with Crippen molar-refractivity contribution < 1.29 is 0 Å². The van der Waals surface area contributed by atoms with Crippen LogP contribution in [0.5, 0.6) is 0 Å². The Morgan fingerprint density at radius 3 is 2.22 bits per heavy atom. The molecule has 1 atom stereocenters. The maximum atomic E-state index is 5.91. The molecule has 1 heterocycles. The molecule has 0 saturated carbocycles. The average molecular weight is 260 g/mol. The van der Waals surface area contributed by atoms with Crippen molar-refractivity contribution in [2.45, 2.75) is 32.6 Å². The smallest absolute Gasteiger partial charge is 0.102 e. The molecule has 2 aromatic rings. The third kappa shape index (κ3) is 2.79. The van der Waals surface area contributed by atoms with Crippen LogP contribution in [0.3, 0.4) is 0 Å². The number of benzene rings is 1. The minimum absolute atomic E-state index is 0.227. The summed E-state index contributed by atoms with van der Waals surface area (Å²) in [6, 6.07) is 8.76. The van der Waals surface area contributed by atoms with Gasteiger partial charge >= 0.3 is 0 Å². The number of aromatic nitrogens is 1. The molecule has 0 saturated heterocycles. The van der Waals surface area contributed by atoms with Gasteiger partial charge in [0.15, 0.2) is 0 Å². The highest BCUT2D eigenvalue weighted by Gasteiger charge is 2.15. The van der Waals surface area contributed by atoms with Crippen LogP contribution in [0, 0.1) is 6.92 Å². The Kier molecular flexibility index (Phi) is 4.15. The second-order valence-corrected chi connectivity index (χ2v) is 5.83. The Morgan fingerprint density at radius 2 is 1.78 bits per heavy atom. The molecule has 0 aliphatic carbocycles. The molecular weight excluding hydrogens is 240 g/mol. The van der Waals surface area contributed by atoms with E-state index in [1.165, 1.54) is 11.1 Å². The van der Waals surface area contributed by atoms with Crippen LogP contribution in [0.4, 0.5) is 0 Å². The first-order chi connectivity index (χ1) is 8.61. The monoisotopic (exact) mass is 260 g/mol. The second-order valence-electron chi connectivity index (χ2n) is 4.94. The van der Waals surface area contributed by atoms with Crippen molar-refractivity contribution in [2.24, 2.45) is 5.73 Å². The number of hydrogen-bond donors (Lipinski definition) is 1. The van der Waals surface area contributed by atoms with Gasteiger partial charge in [-0.3, -0.25) is 0 Å². The van der Waals surface area contributed by atoms with Crippen LogP contribution in [-0.4, -0.2) is 11.5 Å². The highest BCUT2D eigenvalue weighted by molar-refractivity contribution is 7.09. The van der Waals surface area contributed by atoms with Crippen molar-refractivity contribution >= 4 is 11.3 Å². The quantitative estimate of drug-likeness (QED) is 0.911. The van der Waals surface area contributed by atoms with E-state index in [0.717, 1.165) is 10.7 Å². The van der Waals surface area contributed by atoms with E-state index in [0.29, 0.717) is 12.5 Å².